The van der Waals surface area contributed by atoms with Gasteiger partial charge in [-0.1, -0.05) is 61.3 Å². The molecule has 0 amide bonds. The van der Waals surface area contributed by atoms with E-state index >= 15 is 0 Å². The van der Waals surface area contributed by atoms with Crippen LogP contribution in [-0.4, -0.2) is 0 Å². The smallest absolute Gasteiger partial charge is 0.0398 e. The molecule has 0 aliphatic heterocycles. The van der Waals surface area contributed by atoms with Gasteiger partial charge in [-0.15, -0.1) is 0 Å². The minimum absolute atomic E-state index is 1.16. The van der Waals surface area contributed by atoms with Crippen molar-refractivity contribution in [3.8, 4) is 0 Å². The molecular weight excluding hydrogens is 132 g/mol. The lowest BCUT2D eigenvalue weighted by Crippen LogP contribution is -1.61. The summed E-state index contributed by atoms with van der Waals surface area (Å²) < 4.78 is 0. The Hall–Kier alpha value is -1.30. The number of hydrogen-bond donors (Lipinski definition) is 0. The van der Waals surface area contributed by atoms with Crippen molar-refractivity contribution in [2.75, 3.05) is 0 Å². The zero-order chi connectivity index (χ0) is 8.53. The van der Waals surface area contributed by atoms with Crippen molar-refractivity contribution in [1.29, 1.82) is 0 Å². The summed E-state index contributed by atoms with van der Waals surface area (Å²) in [4.78, 5) is 0. The summed E-state index contributed by atoms with van der Waals surface area (Å²) in [5.74, 6) is 0. The van der Waals surface area contributed by atoms with Gasteiger partial charge in [0.15, 0.2) is 0 Å². The molecule has 0 nitrogen and oxygen atoms in total. The fraction of sp³-hybridized carbons (Fsp3) is 0.0909. The fourth-order valence-corrected chi connectivity index (χ4v) is 0.482. The van der Waals surface area contributed by atoms with E-state index in [1.165, 1.54) is 0 Å². The highest BCUT2D eigenvalue weighted by atomic mass is 13.8. The maximum Gasteiger partial charge on any atom is -0.0398 e. The van der Waals surface area contributed by atoms with Gasteiger partial charge in [-0.2, -0.15) is 0 Å². The van der Waals surface area contributed by atoms with Crippen molar-refractivity contribution in [3.63, 3.8) is 0 Å². The average Bonchev–Trinajstić information content (AvgIpc) is 2.04. The van der Waals surface area contributed by atoms with Gasteiger partial charge in [0, 0.05) is 0 Å². The van der Waals surface area contributed by atoms with E-state index in [1.807, 2.05) is 43.4 Å². The van der Waals surface area contributed by atoms with Crippen LogP contribution in [0, 0.1) is 0 Å². The Morgan fingerprint density at radius 2 is 1.64 bits per heavy atom. The summed E-state index contributed by atoms with van der Waals surface area (Å²) in [5.41, 5.74) is 1.16. The van der Waals surface area contributed by atoms with Gasteiger partial charge in [0.05, 0.1) is 0 Å². The second-order valence-corrected chi connectivity index (χ2v) is 2.12. The van der Waals surface area contributed by atoms with Gasteiger partial charge >= 0.3 is 0 Å². The molecule has 0 aromatic heterocycles. The van der Waals surface area contributed by atoms with Gasteiger partial charge in [0.2, 0.25) is 0 Å². The fourth-order valence-electron chi connectivity index (χ4n) is 0.482. The molecule has 0 fully saturated rings. The van der Waals surface area contributed by atoms with E-state index in [0.717, 1.165) is 5.57 Å². The van der Waals surface area contributed by atoms with Gasteiger partial charge in [0.1, 0.15) is 0 Å². The lowest BCUT2D eigenvalue weighted by molar-refractivity contribution is 1.53. The Morgan fingerprint density at radius 1 is 1.00 bits per heavy atom. The molecule has 0 aliphatic carbocycles. The Kier molecular flexibility index (Phi) is 6.01. The minimum Gasteiger partial charge on any atom is -0.0991 e. The normalized spacial score (nSPS) is 12.6. The van der Waals surface area contributed by atoms with E-state index in [-0.39, 0.29) is 0 Å². The van der Waals surface area contributed by atoms with E-state index in [9.17, 15) is 0 Å². The predicted molar refractivity (Wildman–Crippen MR) is 52.4 cm³/mol. The quantitative estimate of drug-likeness (QED) is 0.533. The third kappa shape index (κ3) is 6.59. The number of allylic oxidation sites excluding steroid dienone is 8. The van der Waals surface area contributed by atoms with Crippen LogP contribution in [0.2, 0.25) is 0 Å². The van der Waals surface area contributed by atoms with Crippen molar-refractivity contribution in [3.05, 3.63) is 61.3 Å². The Bertz CT molecular complexity index is 202. The topological polar surface area (TPSA) is 0 Å². The molecule has 0 bridgehead atoms. The third-order valence-corrected chi connectivity index (χ3v) is 1.15. The molecule has 0 spiro atoms. The van der Waals surface area contributed by atoms with Crippen LogP contribution in [0.3, 0.4) is 0 Å². The summed E-state index contributed by atoms with van der Waals surface area (Å²) in [6.07, 6.45) is 13.3. The summed E-state index contributed by atoms with van der Waals surface area (Å²) in [6.45, 7) is 9.21. The summed E-state index contributed by atoms with van der Waals surface area (Å²) in [6, 6.07) is 0. The Balaban J connectivity index is 3.85. The van der Waals surface area contributed by atoms with Crippen LogP contribution in [0.15, 0.2) is 61.3 Å². The van der Waals surface area contributed by atoms with Crippen LogP contribution in [0.1, 0.15) is 6.92 Å². The lowest BCUT2D eigenvalue weighted by atomic mass is 10.3. The van der Waals surface area contributed by atoms with Gasteiger partial charge in [0.25, 0.3) is 0 Å². The first-order valence-electron chi connectivity index (χ1n) is 3.56. The van der Waals surface area contributed by atoms with Gasteiger partial charge < -0.3 is 0 Å². The number of hydrogen-bond acceptors (Lipinski definition) is 0. The van der Waals surface area contributed by atoms with Crippen molar-refractivity contribution in [2.24, 2.45) is 0 Å². The molecule has 0 heterocycles. The van der Waals surface area contributed by atoms with Crippen molar-refractivity contribution in [2.45, 2.75) is 6.92 Å². The van der Waals surface area contributed by atoms with Crippen LogP contribution in [0.5, 0.6) is 0 Å². The van der Waals surface area contributed by atoms with E-state index in [1.54, 1.807) is 6.08 Å². The molecule has 0 saturated heterocycles. The maximum absolute atomic E-state index is 3.64. The van der Waals surface area contributed by atoms with E-state index in [4.69, 9.17) is 0 Å². The molecule has 58 valence electrons. The monoisotopic (exact) mass is 146 g/mol. The van der Waals surface area contributed by atoms with Gasteiger partial charge in [-0.3, -0.25) is 0 Å². The molecule has 0 heteroatoms. The second-order valence-electron chi connectivity index (χ2n) is 2.12. The highest BCUT2D eigenvalue weighted by Gasteiger charge is 1.71. The molecule has 0 saturated carbocycles. The average molecular weight is 146 g/mol. The Labute approximate surface area is 68.9 Å². The molecule has 0 atom stereocenters. The van der Waals surface area contributed by atoms with Crippen molar-refractivity contribution >= 4 is 0 Å². The standard InChI is InChI=1S/C11H14/c1-4-6-7-8-9-10-11(3)5-2/h4-10H,1-2H2,3H3/b7-6+,9-8-,11-10+. The SMILES string of the molecule is C=C/C=C/C=C\C=C(/C)C=C. The largest absolute Gasteiger partial charge is 0.0991 e. The molecule has 0 radical (unpaired) electrons. The number of rotatable bonds is 4. The van der Waals surface area contributed by atoms with Crippen molar-refractivity contribution in [1.82, 2.24) is 0 Å². The van der Waals surface area contributed by atoms with Gasteiger partial charge in [-0.25, -0.2) is 0 Å². The Morgan fingerprint density at radius 3 is 2.18 bits per heavy atom. The van der Waals surface area contributed by atoms with Crippen LogP contribution >= 0.6 is 0 Å². The second kappa shape index (κ2) is 6.81. The molecule has 0 unspecified atom stereocenters. The zero-order valence-electron chi connectivity index (χ0n) is 6.96. The minimum atomic E-state index is 1.16. The van der Waals surface area contributed by atoms with Crippen LogP contribution < -0.4 is 0 Å². The van der Waals surface area contributed by atoms with Gasteiger partial charge in [-0.05, 0) is 6.92 Å². The zero-order valence-corrected chi connectivity index (χ0v) is 6.96. The predicted octanol–water partition coefficient (Wildman–Crippen LogP) is 3.42. The first-order chi connectivity index (χ1) is 5.31. The van der Waals surface area contributed by atoms with E-state index < -0.39 is 0 Å². The van der Waals surface area contributed by atoms with Crippen molar-refractivity contribution < 1.29 is 0 Å². The lowest BCUT2D eigenvalue weighted by Gasteiger charge is -1.82. The summed E-state index contributed by atoms with van der Waals surface area (Å²) in [7, 11) is 0. The van der Waals surface area contributed by atoms with Crippen LogP contribution in [0.4, 0.5) is 0 Å². The molecule has 0 aliphatic rings. The summed E-state index contributed by atoms with van der Waals surface area (Å²) >= 11 is 0. The van der Waals surface area contributed by atoms with E-state index in [2.05, 4.69) is 13.2 Å². The molecule has 0 N–H and O–H groups in total. The first kappa shape index (κ1) is 9.70. The molecular formula is C11H14. The summed E-state index contributed by atoms with van der Waals surface area (Å²) in [5, 5.41) is 0. The molecule has 0 aromatic carbocycles. The van der Waals surface area contributed by atoms with Crippen LogP contribution in [0.25, 0.3) is 0 Å². The highest BCUT2D eigenvalue weighted by Crippen LogP contribution is 1.92. The first-order valence-corrected chi connectivity index (χ1v) is 3.56. The molecule has 11 heavy (non-hydrogen) atoms. The third-order valence-electron chi connectivity index (χ3n) is 1.15. The maximum atomic E-state index is 3.64. The molecule has 0 rings (SSSR count). The van der Waals surface area contributed by atoms with Crippen LogP contribution in [-0.2, 0) is 0 Å². The molecule has 0 aromatic rings. The van der Waals surface area contributed by atoms with E-state index in [0.29, 0.717) is 0 Å². The highest BCUT2D eigenvalue weighted by molar-refractivity contribution is 5.22.